The van der Waals surface area contributed by atoms with E-state index in [1.807, 2.05) is 6.20 Å². The van der Waals surface area contributed by atoms with Gasteiger partial charge in [-0.2, -0.15) is 0 Å². The standard InChI is InChI=1S/C20H30BrN3/c1-14(2)11-24(12-15(3)4)13-16(5)23-19-8-9-22-20-10-17(21)6-7-18(19)20/h6-10,14-16H,11-13H2,1-5H3,(H,22,23). The van der Waals surface area contributed by atoms with Gasteiger partial charge in [-0.25, -0.2) is 0 Å². The third-order valence-electron chi connectivity index (χ3n) is 3.89. The van der Waals surface area contributed by atoms with Crippen molar-refractivity contribution in [2.75, 3.05) is 25.0 Å². The highest BCUT2D eigenvalue weighted by molar-refractivity contribution is 9.10. The van der Waals surface area contributed by atoms with Gasteiger partial charge in [0.25, 0.3) is 0 Å². The van der Waals surface area contributed by atoms with Crippen molar-refractivity contribution in [3.63, 3.8) is 0 Å². The van der Waals surface area contributed by atoms with Gasteiger partial charge >= 0.3 is 0 Å². The largest absolute Gasteiger partial charge is 0.381 e. The van der Waals surface area contributed by atoms with Crippen LogP contribution in [0.25, 0.3) is 10.9 Å². The van der Waals surface area contributed by atoms with Crippen LogP contribution in [0.2, 0.25) is 0 Å². The zero-order valence-corrected chi connectivity index (χ0v) is 17.1. The van der Waals surface area contributed by atoms with E-state index >= 15 is 0 Å². The van der Waals surface area contributed by atoms with E-state index in [1.165, 1.54) is 5.39 Å². The van der Waals surface area contributed by atoms with Crippen LogP contribution < -0.4 is 5.32 Å². The second kappa shape index (κ2) is 8.82. The molecule has 0 saturated heterocycles. The molecule has 0 bridgehead atoms. The lowest BCUT2D eigenvalue weighted by atomic mass is 10.1. The summed E-state index contributed by atoms with van der Waals surface area (Å²) in [4.78, 5) is 7.05. The molecule has 132 valence electrons. The molecule has 0 aliphatic rings. The second-order valence-electron chi connectivity index (χ2n) is 7.57. The summed E-state index contributed by atoms with van der Waals surface area (Å²) in [6.07, 6.45) is 1.88. The van der Waals surface area contributed by atoms with Crippen LogP contribution in [-0.2, 0) is 0 Å². The first-order chi connectivity index (χ1) is 11.3. The third-order valence-corrected chi connectivity index (χ3v) is 4.38. The Kier molecular flexibility index (Phi) is 7.05. The summed E-state index contributed by atoms with van der Waals surface area (Å²) in [5.41, 5.74) is 2.18. The van der Waals surface area contributed by atoms with E-state index in [1.54, 1.807) is 0 Å². The molecule has 0 saturated carbocycles. The number of hydrogen-bond donors (Lipinski definition) is 1. The Balaban J connectivity index is 2.09. The normalized spacial score (nSPS) is 13.2. The molecule has 3 nitrogen and oxygen atoms in total. The molecule has 1 N–H and O–H groups in total. The number of halogens is 1. The van der Waals surface area contributed by atoms with Crippen LogP contribution in [0.5, 0.6) is 0 Å². The highest BCUT2D eigenvalue weighted by Gasteiger charge is 2.14. The number of fused-ring (bicyclic) bond motifs is 1. The number of nitrogens with one attached hydrogen (secondary N) is 1. The third kappa shape index (κ3) is 5.75. The molecule has 1 unspecified atom stereocenters. The lowest BCUT2D eigenvalue weighted by molar-refractivity contribution is 0.214. The van der Waals surface area contributed by atoms with E-state index in [0.29, 0.717) is 17.9 Å². The van der Waals surface area contributed by atoms with Crippen LogP contribution in [0.4, 0.5) is 5.69 Å². The zero-order chi connectivity index (χ0) is 17.7. The minimum Gasteiger partial charge on any atom is -0.381 e. The molecule has 0 aliphatic carbocycles. The Morgan fingerprint density at radius 1 is 1.00 bits per heavy atom. The van der Waals surface area contributed by atoms with Gasteiger partial charge in [-0.3, -0.25) is 4.98 Å². The monoisotopic (exact) mass is 391 g/mol. The summed E-state index contributed by atoms with van der Waals surface area (Å²) in [5, 5.41) is 4.86. The van der Waals surface area contributed by atoms with Crippen molar-refractivity contribution < 1.29 is 0 Å². The van der Waals surface area contributed by atoms with E-state index in [0.717, 1.165) is 35.3 Å². The Bertz CT molecular complexity index is 644. The van der Waals surface area contributed by atoms with Gasteiger partial charge in [-0.15, -0.1) is 0 Å². The van der Waals surface area contributed by atoms with Gasteiger partial charge in [0.1, 0.15) is 0 Å². The van der Waals surface area contributed by atoms with Crippen molar-refractivity contribution in [1.82, 2.24) is 9.88 Å². The topological polar surface area (TPSA) is 28.2 Å². The van der Waals surface area contributed by atoms with Crippen LogP contribution in [0.15, 0.2) is 34.9 Å². The molecule has 2 aromatic rings. The molecule has 24 heavy (non-hydrogen) atoms. The summed E-state index contributed by atoms with van der Waals surface area (Å²) >= 11 is 3.52. The first-order valence-corrected chi connectivity index (χ1v) is 9.67. The Morgan fingerprint density at radius 3 is 2.29 bits per heavy atom. The van der Waals surface area contributed by atoms with Gasteiger partial charge in [0.2, 0.25) is 0 Å². The van der Waals surface area contributed by atoms with Crippen molar-refractivity contribution in [1.29, 1.82) is 0 Å². The molecule has 1 aromatic heterocycles. The lowest BCUT2D eigenvalue weighted by Crippen LogP contribution is -2.39. The quantitative estimate of drug-likeness (QED) is 0.651. The summed E-state index contributed by atoms with van der Waals surface area (Å²) in [7, 11) is 0. The molecule has 0 radical (unpaired) electrons. The molecule has 0 amide bonds. The number of pyridine rings is 1. The number of benzene rings is 1. The summed E-state index contributed by atoms with van der Waals surface area (Å²) in [6.45, 7) is 14.8. The molecule has 4 heteroatoms. The summed E-state index contributed by atoms with van der Waals surface area (Å²) in [5.74, 6) is 1.38. The Hall–Kier alpha value is -1.13. The van der Waals surface area contributed by atoms with Gasteiger partial charge < -0.3 is 10.2 Å². The van der Waals surface area contributed by atoms with Crippen LogP contribution in [-0.4, -0.2) is 35.6 Å². The first kappa shape index (κ1) is 19.2. The Labute approximate surface area is 155 Å². The highest BCUT2D eigenvalue weighted by Crippen LogP contribution is 2.25. The maximum atomic E-state index is 4.47. The summed E-state index contributed by atoms with van der Waals surface area (Å²) < 4.78 is 1.06. The van der Waals surface area contributed by atoms with Gasteiger partial charge in [-0.05, 0) is 43.0 Å². The Morgan fingerprint density at radius 2 is 1.67 bits per heavy atom. The predicted molar refractivity (Wildman–Crippen MR) is 109 cm³/mol. The van der Waals surface area contributed by atoms with Crippen molar-refractivity contribution >= 4 is 32.5 Å². The van der Waals surface area contributed by atoms with Crippen molar-refractivity contribution in [3.8, 4) is 0 Å². The van der Waals surface area contributed by atoms with Crippen LogP contribution in [0, 0.1) is 11.8 Å². The molecule has 0 fully saturated rings. The van der Waals surface area contributed by atoms with E-state index < -0.39 is 0 Å². The molecule has 1 atom stereocenters. The molecule has 1 heterocycles. The van der Waals surface area contributed by atoms with Gasteiger partial charge in [0, 0.05) is 47.4 Å². The molecule has 0 aliphatic heterocycles. The highest BCUT2D eigenvalue weighted by atomic mass is 79.9. The van der Waals surface area contributed by atoms with Crippen LogP contribution in [0.3, 0.4) is 0 Å². The average Bonchev–Trinajstić information content (AvgIpc) is 2.45. The van der Waals surface area contributed by atoms with Crippen molar-refractivity contribution in [2.45, 2.75) is 40.7 Å². The number of hydrogen-bond acceptors (Lipinski definition) is 3. The maximum Gasteiger partial charge on any atom is 0.0733 e. The zero-order valence-electron chi connectivity index (χ0n) is 15.5. The van der Waals surface area contributed by atoms with Crippen LogP contribution >= 0.6 is 15.9 Å². The second-order valence-corrected chi connectivity index (χ2v) is 8.49. The van der Waals surface area contributed by atoms with E-state index in [9.17, 15) is 0 Å². The fourth-order valence-electron chi connectivity index (χ4n) is 3.20. The van der Waals surface area contributed by atoms with Gasteiger partial charge in [0.15, 0.2) is 0 Å². The first-order valence-electron chi connectivity index (χ1n) is 8.88. The maximum absolute atomic E-state index is 4.47. The lowest BCUT2D eigenvalue weighted by Gasteiger charge is -2.29. The molecular weight excluding hydrogens is 362 g/mol. The smallest absolute Gasteiger partial charge is 0.0733 e. The average molecular weight is 392 g/mol. The van der Waals surface area contributed by atoms with E-state index in [2.05, 4.69) is 90.0 Å². The number of anilines is 1. The predicted octanol–water partition coefficient (Wildman–Crippen LogP) is 5.41. The van der Waals surface area contributed by atoms with Crippen molar-refractivity contribution in [3.05, 3.63) is 34.9 Å². The minimum atomic E-state index is 0.386. The van der Waals surface area contributed by atoms with Crippen LogP contribution in [0.1, 0.15) is 34.6 Å². The van der Waals surface area contributed by atoms with Gasteiger partial charge in [-0.1, -0.05) is 43.6 Å². The summed E-state index contributed by atoms with van der Waals surface area (Å²) in [6, 6.07) is 8.72. The number of rotatable bonds is 8. The van der Waals surface area contributed by atoms with E-state index in [-0.39, 0.29) is 0 Å². The molecule has 1 aromatic carbocycles. The number of aromatic nitrogens is 1. The fraction of sp³-hybridized carbons (Fsp3) is 0.550. The molecular formula is C20H30BrN3. The van der Waals surface area contributed by atoms with Crippen molar-refractivity contribution in [2.24, 2.45) is 11.8 Å². The molecule has 0 spiro atoms. The SMILES string of the molecule is CC(C)CN(CC(C)C)CC(C)Nc1ccnc2cc(Br)ccc12. The minimum absolute atomic E-state index is 0.386. The van der Waals surface area contributed by atoms with E-state index in [4.69, 9.17) is 0 Å². The molecule has 2 rings (SSSR count). The fourth-order valence-corrected chi connectivity index (χ4v) is 3.55. The van der Waals surface area contributed by atoms with Gasteiger partial charge in [0.05, 0.1) is 5.52 Å². The number of nitrogens with zero attached hydrogens (tertiary/aromatic N) is 2.